The molecule has 1 aliphatic rings. The highest BCUT2D eigenvalue weighted by Crippen LogP contribution is 2.27. The van der Waals surface area contributed by atoms with Crippen molar-refractivity contribution in [1.29, 1.82) is 0 Å². The largest absolute Gasteiger partial charge is 0.521 e. The summed E-state index contributed by atoms with van der Waals surface area (Å²) in [5, 5.41) is 9.50. The molecule has 0 bridgehead atoms. The Morgan fingerprint density at radius 1 is 1.60 bits per heavy atom. The second-order valence-electron chi connectivity index (χ2n) is 3.37. The molecular weight excluding hydrogens is 234 g/mol. The van der Waals surface area contributed by atoms with Gasteiger partial charge in [-0.3, -0.25) is 0 Å². The van der Waals surface area contributed by atoms with Crippen LogP contribution in [0, 0.1) is 0 Å². The Bertz CT molecular complexity index is 219. The molecule has 1 heterocycles. The first-order valence-corrected chi connectivity index (χ1v) is 7.14. The van der Waals surface area contributed by atoms with Crippen LogP contribution in [0.3, 0.4) is 0 Å². The molecule has 1 aliphatic heterocycles. The number of aliphatic hydroxyl groups is 1. The smallest absolute Gasteiger partial charge is 0.390 e. The molecule has 1 rings (SSSR count). The molecule has 7 heteroatoms. The number of ether oxygens (including phenoxy) is 1. The number of rotatable bonds is 6. The summed E-state index contributed by atoms with van der Waals surface area (Å²) in [4.78, 5) is 0. The van der Waals surface area contributed by atoms with Crippen molar-refractivity contribution in [3.63, 3.8) is 0 Å². The van der Waals surface area contributed by atoms with Crippen molar-refractivity contribution >= 4 is 26.8 Å². The molecule has 1 saturated heterocycles. The maximum Gasteiger partial charge on any atom is 0.521 e. The van der Waals surface area contributed by atoms with E-state index in [2.05, 4.69) is 0 Å². The predicted molar refractivity (Wildman–Crippen MR) is 61.5 cm³/mol. The minimum Gasteiger partial charge on any atom is -0.390 e. The van der Waals surface area contributed by atoms with Crippen LogP contribution in [0.2, 0.25) is 0 Å². The lowest BCUT2D eigenvalue weighted by atomic mass is 9.96. The summed E-state index contributed by atoms with van der Waals surface area (Å²) in [5.41, 5.74) is 0. The van der Waals surface area contributed by atoms with Gasteiger partial charge in [-0.05, 0) is 12.8 Å². The van der Waals surface area contributed by atoms with Crippen LogP contribution in [0.5, 0.6) is 0 Å². The topological polar surface area (TPSA) is 47.9 Å². The zero-order valence-electron chi connectivity index (χ0n) is 8.67. The minimum absolute atomic E-state index is 0.244. The molecule has 1 unspecified atom stereocenters. The maximum absolute atomic E-state index is 9.50. The van der Waals surface area contributed by atoms with E-state index in [4.69, 9.17) is 33.4 Å². The highest BCUT2D eigenvalue weighted by atomic mass is 32.4. The Morgan fingerprint density at radius 2 is 2.33 bits per heavy atom. The van der Waals surface area contributed by atoms with Gasteiger partial charge >= 0.3 is 7.15 Å². The fraction of sp³-hybridized carbons (Fsp3) is 1.00. The maximum atomic E-state index is 9.50. The van der Waals surface area contributed by atoms with Crippen molar-refractivity contribution in [3.8, 4) is 0 Å². The molecule has 4 atom stereocenters. The van der Waals surface area contributed by atoms with Crippen molar-refractivity contribution in [2.24, 2.45) is 0 Å². The minimum atomic E-state index is -1.28. The second kappa shape index (κ2) is 6.89. The SMILES string of the molecule is [B][C@H]1C[C@@H](O)[C@@H](CO[P+](=S)OCCC)O1. The van der Waals surface area contributed by atoms with Gasteiger partial charge in [0.2, 0.25) is 11.8 Å². The van der Waals surface area contributed by atoms with Crippen LogP contribution < -0.4 is 0 Å². The average Bonchev–Trinajstić information content (AvgIpc) is 2.51. The fourth-order valence-electron chi connectivity index (χ4n) is 1.25. The highest BCUT2D eigenvalue weighted by Gasteiger charge is 2.33. The van der Waals surface area contributed by atoms with E-state index in [0.717, 1.165) is 6.42 Å². The van der Waals surface area contributed by atoms with Gasteiger partial charge in [0.1, 0.15) is 27.2 Å². The molecule has 0 spiro atoms. The molecule has 0 amide bonds. The Morgan fingerprint density at radius 3 is 2.87 bits per heavy atom. The van der Waals surface area contributed by atoms with Gasteiger partial charge < -0.3 is 9.84 Å². The Balaban J connectivity index is 2.16. The third kappa shape index (κ3) is 4.85. The lowest BCUT2D eigenvalue weighted by molar-refractivity contribution is 0.00311. The van der Waals surface area contributed by atoms with Gasteiger partial charge in [0.25, 0.3) is 0 Å². The van der Waals surface area contributed by atoms with E-state index in [-0.39, 0.29) is 12.7 Å². The molecule has 4 nitrogen and oxygen atoms in total. The Kier molecular flexibility index (Phi) is 6.20. The van der Waals surface area contributed by atoms with Gasteiger partial charge in [0, 0.05) is 6.00 Å². The third-order valence-corrected chi connectivity index (χ3v) is 3.38. The average molecular weight is 249 g/mol. The summed E-state index contributed by atoms with van der Waals surface area (Å²) < 4.78 is 15.7. The quantitative estimate of drug-likeness (QED) is 0.558. The lowest BCUT2D eigenvalue weighted by Gasteiger charge is -2.10. The van der Waals surface area contributed by atoms with Gasteiger partial charge in [-0.1, -0.05) is 6.92 Å². The van der Waals surface area contributed by atoms with Crippen molar-refractivity contribution in [1.82, 2.24) is 0 Å². The van der Waals surface area contributed by atoms with Crippen LogP contribution >= 0.6 is 7.15 Å². The van der Waals surface area contributed by atoms with Crippen LogP contribution in [0.15, 0.2) is 0 Å². The molecule has 0 saturated carbocycles. The molecule has 0 aromatic heterocycles. The zero-order chi connectivity index (χ0) is 11.3. The summed E-state index contributed by atoms with van der Waals surface area (Å²) in [6.07, 6.45) is 0.411. The standard InChI is InChI=1S/C8H15BO4PS/c1-2-3-11-14(15)12-5-7-6(10)4-8(9)13-7/h6-8,10H,2-5H2,1H3/q+1/t6-,7-,8-/m1/s1. The van der Waals surface area contributed by atoms with Crippen molar-refractivity contribution in [2.75, 3.05) is 13.2 Å². The first-order chi connectivity index (χ1) is 7.13. The Labute approximate surface area is 97.3 Å². The van der Waals surface area contributed by atoms with E-state index in [1.54, 1.807) is 0 Å². The van der Waals surface area contributed by atoms with E-state index < -0.39 is 19.3 Å². The first kappa shape index (κ1) is 13.5. The summed E-state index contributed by atoms with van der Waals surface area (Å²) in [5.74, 6) is 0. The van der Waals surface area contributed by atoms with Gasteiger partial charge in [-0.15, -0.1) is 9.05 Å². The predicted octanol–water partition coefficient (Wildman–Crippen LogP) is 0.848. The second-order valence-corrected chi connectivity index (χ2v) is 5.23. The molecule has 1 fully saturated rings. The Hall–Kier alpha value is 0.425. The van der Waals surface area contributed by atoms with Crippen LogP contribution in [0.1, 0.15) is 19.8 Å². The van der Waals surface area contributed by atoms with Crippen LogP contribution in [-0.2, 0) is 25.6 Å². The van der Waals surface area contributed by atoms with Crippen LogP contribution in [0.25, 0.3) is 0 Å². The van der Waals surface area contributed by atoms with Gasteiger partial charge in [-0.2, -0.15) is 0 Å². The van der Waals surface area contributed by atoms with Crippen molar-refractivity contribution < 1.29 is 18.9 Å². The van der Waals surface area contributed by atoms with Crippen LogP contribution in [0.4, 0.5) is 0 Å². The monoisotopic (exact) mass is 249 g/mol. The summed E-state index contributed by atoms with van der Waals surface area (Å²) >= 11 is 4.96. The molecule has 1 N–H and O–H groups in total. The van der Waals surface area contributed by atoms with Crippen molar-refractivity contribution in [3.05, 3.63) is 0 Å². The molecular formula is C8H15BO4PS+. The number of aliphatic hydroxyl groups excluding tert-OH is 1. The molecule has 0 aromatic carbocycles. The van der Waals surface area contributed by atoms with E-state index >= 15 is 0 Å². The molecule has 15 heavy (non-hydrogen) atoms. The molecule has 0 aliphatic carbocycles. The summed E-state index contributed by atoms with van der Waals surface area (Å²) in [7, 11) is 4.23. The lowest BCUT2D eigenvalue weighted by Crippen LogP contribution is -2.25. The van der Waals surface area contributed by atoms with E-state index in [9.17, 15) is 5.11 Å². The summed E-state index contributed by atoms with van der Waals surface area (Å²) in [6.45, 7) is 2.85. The van der Waals surface area contributed by atoms with Crippen molar-refractivity contribution in [2.45, 2.75) is 38.0 Å². The number of hydrogen-bond acceptors (Lipinski definition) is 5. The van der Waals surface area contributed by atoms with Gasteiger partial charge in [0.15, 0.2) is 0 Å². The fourth-order valence-corrected chi connectivity index (χ4v) is 2.33. The van der Waals surface area contributed by atoms with E-state index in [1.807, 2.05) is 6.92 Å². The van der Waals surface area contributed by atoms with E-state index in [1.165, 1.54) is 0 Å². The normalized spacial score (nSPS) is 31.9. The highest BCUT2D eigenvalue weighted by molar-refractivity contribution is 8.00. The van der Waals surface area contributed by atoms with Crippen LogP contribution in [-0.4, -0.2) is 44.4 Å². The zero-order valence-corrected chi connectivity index (χ0v) is 10.4. The molecule has 84 valence electrons. The number of hydrogen-bond donors (Lipinski definition) is 1. The third-order valence-electron chi connectivity index (χ3n) is 2.00. The van der Waals surface area contributed by atoms with Gasteiger partial charge in [0.05, 0.1) is 6.10 Å². The first-order valence-electron chi connectivity index (χ1n) is 4.95. The van der Waals surface area contributed by atoms with Gasteiger partial charge in [-0.25, -0.2) is 0 Å². The van der Waals surface area contributed by atoms with E-state index in [0.29, 0.717) is 13.0 Å². The molecule has 2 radical (unpaired) electrons. The summed E-state index contributed by atoms with van der Waals surface area (Å²) in [6, 6.07) is -0.401. The molecule has 0 aromatic rings.